The fourth-order valence-corrected chi connectivity index (χ4v) is 2.61. The topological polar surface area (TPSA) is 55.3 Å². The standard InChI is InChI=1S/C17H27N3O2/c1-5-17(3,4)15(21)20-8-6-7-14(11-20)12-22-16-18-9-13(2)10-19-16/h9-10,14H,5-8,11-12H2,1-4H3. The molecule has 2 heterocycles. The Morgan fingerprint density at radius 1 is 1.41 bits per heavy atom. The van der Waals surface area contributed by atoms with E-state index < -0.39 is 0 Å². The lowest BCUT2D eigenvalue weighted by atomic mass is 9.87. The van der Waals surface area contributed by atoms with Gasteiger partial charge in [-0.15, -0.1) is 0 Å². The number of hydrogen-bond donors (Lipinski definition) is 0. The second-order valence-electron chi connectivity index (χ2n) is 6.85. The van der Waals surface area contributed by atoms with Crippen molar-refractivity contribution in [2.45, 2.75) is 47.0 Å². The maximum atomic E-state index is 12.6. The summed E-state index contributed by atoms with van der Waals surface area (Å²) in [6.45, 7) is 10.3. The minimum Gasteiger partial charge on any atom is -0.463 e. The van der Waals surface area contributed by atoms with Gasteiger partial charge in [-0.1, -0.05) is 20.8 Å². The molecule has 5 nitrogen and oxygen atoms in total. The second-order valence-corrected chi connectivity index (χ2v) is 6.85. The lowest BCUT2D eigenvalue weighted by Gasteiger charge is -2.37. The van der Waals surface area contributed by atoms with E-state index in [1.54, 1.807) is 12.4 Å². The number of aromatic nitrogens is 2. The Labute approximate surface area is 133 Å². The van der Waals surface area contributed by atoms with Crippen LogP contribution in [0.3, 0.4) is 0 Å². The minimum absolute atomic E-state index is 0.256. The van der Waals surface area contributed by atoms with Crippen molar-refractivity contribution in [3.05, 3.63) is 18.0 Å². The van der Waals surface area contributed by atoms with Gasteiger partial charge in [0.15, 0.2) is 0 Å². The van der Waals surface area contributed by atoms with Crippen LogP contribution >= 0.6 is 0 Å². The average Bonchev–Trinajstić information content (AvgIpc) is 2.54. The van der Waals surface area contributed by atoms with Gasteiger partial charge in [-0.3, -0.25) is 4.79 Å². The molecule has 1 unspecified atom stereocenters. The normalized spacial score (nSPS) is 19.1. The molecule has 1 aliphatic rings. The van der Waals surface area contributed by atoms with Crippen LogP contribution in [0.4, 0.5) is 0 Å². The molecule has 0 saturated carbocycles. The second kappa shape index (κ2) is 7.07. The van der Waals surface area contributed by atoms with Crippen LogP contribution in [0.5, 0.6) is 6.01 Å². The van der Waals surface area contributed by atoms with E-state index in [0.717, 1.165) is 37.9 Å². The average molecular weight is 305 g/mol. The van der Waals surface area contributed by atoms with Crippen LogP contribution in [0.2, 0.25) is 0 Å². The third kappa shape index (κ3) is 4.18. The number of aryl methyl sites for hydroxylation is 1. The molecule has 1 aromatic rings. The highest BCUT2D eigenvalue weighted by Crippen LogP contribution is 2.26. The summed E-state index contributed by atoms with van der Waals surface area (Å²) in [6, 6.07) is 0.419. The molecule has 122 valence electrons. The van der Waals surface area contributed by atoms with Gasteiger partial charge >= 0.3 is 6.01 Å². The van der Waals surface area contributed by atoms with Gasteiger partial charge in [0.05, 0.1) is 6.61 Å². The van der Waals surface area contributed by atoms with E-state index in [1.165, 1.54) is 0 Å². The van der Waals surface area contributed by atoms with Crippen LogP contribution in [0.25, 0.3) is 0 Å². The van der Waals surface area contributed by atoms with Crippen LogP contribution in [0.1, 0.15) is 45.6 Å². The summed E-state index contributed by atoms with van der Waals surface area (Å²) in [5.74, 6) is 0.613. The highest BCUT2D eigenvalue weighted by Gasteiger charge is 2.33. The molecule has 0 bridgehead atoms. The maximum absolute atomic E-state index is 12.6. The molecule has 1 amide bonds. The summed E-state index contributed by atoms with van der Waals surface area (Å²) in [5.41, 5.74) is 0.742. The first kappa shape index (κ1) is 16.7. The number of ether oxygens (including phenoxy) is 1. The molecule has 1 aromatic heterocycles. The zero-order valence-corrected chi connectivity index (χ0v) is 14.1. The number of nitrogens with zero attached hydrogens (tertiary/aromatic N) is 3. The van der Waals surface area contributed by atoms with Gasteiger partial charge in [0.2, 0.25) is 5.91 Å². The number of rotatable bonds is 5. The largest absolute Gasteiger partial charge is 0.463 e. The van der Waals surface area contributed by atoms with Crippen molar-refractivity contribution in [3.8, 4) is 6.01 Å². The number of carbonyl (C=O) groups is 1. The van der Waals surface area contributed by atoms with Gasteiger partial charge in [-0.05, 0) is 31.7 Å². The monoisotopic (exact) mass is 305 g/mol. The van der Waals surface area contributed by atoms with Crippen molar-refractivity contribution < 1.29 is 9.53 Å². The zero-order chi connectivity index (χ0) is 16.2. The van der Waals surface area contributed by atoms with E-state index in [9.17, 15) is 4.79 Å². The summed E-state index contributed by atoms with van der Waals surface area (Å²) >= 11 is 0. The molecule has 0 aliphatic carbocycles. The maximum Gasteiger partial charge on any atom is 0.316 e. The smallest absolute Gasteiger partial charge is 0.316 e. The van der Waals surface area contributed by atoms with Crippen molar-refractivity contribution in [3.63, 3.8) is 0 Å². The van der Waals surface area contributed by atoms with Crippen LogP contribution in [0, 0.1) is 18.3 Å². The number of carbonyl (C=O) groups excluding carboxylic acids is 1. The van der Waals surface area contributed by atoms with Crippen LogP contribution in [0.15, 0.2) is 12.4 Å². The lowest BCUT2D eigenvalue weighted by Crippen LogP contribution is -2.47. The molecule has 0 N–H and O–H groups in total. The Morgan fingerprint density at radius 2 is 2.09 bits per heavy atom. The van der Waals surface area contributed by atoms with Crippen LogP contribution in [-0.4, -0.2) is 40.5 Å². The van der Waals surface area contributed by atoms with Crippen molar-refractivity contribution in [2.24, 2.45) is 11.3 Å². The first-order valence-electron chi connectivity index (χ1n) is 8.13. The third-order valence-corrected chi connectivity index (χ3v) is 4.47. The van der Waals surface area contributed by atoms with E-state index >= 15 is 0 Å². The molecule has 22 heavy (non-hydrogen) atoms. The van der Waals surface area contributed by atoms with Crippen molar-refractivity contribution >= 4 is 5.91 Å². The Bertz CT molecular complexity index is 499. The molecule has 1 atom stereocenters. The predicted molar refractivity (Wildman–Crippen MR) is 85.6 cm³/mol. The molecule has 0 spiro atoms. The van der Waals surface area contributed by atoms with E-state index in [0.29, 0.717) is 18.5 Å². The quantitative estimate of drug-likeness (QED) is 0.839. The number of hydrogen-bond acceptors (Lipinski definition) is 4. The van der Waals surface area contributed by atoms with Gasteiger partial charge in [0.25, 0.3) is 0 Å². The Kier molecular flexibility index (Phi) is 5.37. The van der Waals surface area contributed by atoms with Crippen molar-refractivity contribution in [2.75, 3.05) is 19.7 Å². The SMILES string of the molecule is CCC(C)(C)C(=O)N1CCCC(COc2ncc(C)cn2)C1. The Morgan fingerprint density at radius 3 is 2.73 bits per heavy atom. The van der Waals surface area contributed by atoms with Gasteiger partial charge in [-0.25, -0.2) is 9.97 Å². The number of amides is 1. The van der Waals surface area contributed by atoms with Crippen molar-refractivity contribution in [1.82, 2.24) is 14.9 Å². The van der Waals surface area contributed by atoms with Crippen LogP contribution in [-0.2, 0) is 4.79 Å². The Balaban J connectivity index is 1.88. The van der Waals surface area contributed by atoms with E-state index in [-0.39, 0.29) is 11.3 Å². The fourth-order valence-electron chi connectivity index (χ4n) is 2.61. The Hall–Kier alpha value is -1.65. The molecule has 0 radical (unpaired) electrons. The molecular formula is C17H27N3O2. The lowest BCUT2D eigenvalue weighted by molar-refractivity contribution is -0.142. The van der Waals surface area contributed by atoms with Gasteiger partial charge in [0, 0.05) is 36.8 Å². The summed E-state index contributed by atoms with van der Waals surface area (Å²) in [7, 11) is 0. The third-order valence-electron chi connectivity index (χ3n) is 4.47. The number of piperidine rings is 1. The van der Waals surface area contributed by atoms with E-state index in [1.807, 2.05) is 25.7 Å². The predicted octanol–water partition coefficient (Wildman–Crippen LogP) is 2.84. The summed E-state index contributed by atoms with van der Waals surface area (Å²) in [4.78, 5) is 22.9. The molecule has 2 rings (SSSR count). The van der Waals surface area contributed by atoms with Gasteiger partial charge < -0.3 is 9.64 Å². The van der Waals surface area contributed by atoms with Crippen LogP contribution < -0.4 is 4.74 Å². The first-order valence-corrected chi connectivity index (χ1v) is 8.13. The molecule has 5 heteroatoms. The van der Waals surface area contributed by atoms with Crippen molar-refractivity contribution in [1.29, 1.82) is 0 Å². The molecule has 1 aliphatic heterocycles. The van der Waals surface area contributed by atoms with E-state index in [2.05, 4.69) is 16.9 Å². The highest BCUT2D eigenvalue weighted by molar-refractivity contribution is 5.82. The minimum atomic E-state index is -0.275. The van der Waals surface area contributed by atoms with E-state index in [4.69, 9.17) is 4.74 Å². The summed E-state index contributed by atoms with van der Waals surface area (Å²) in [6.07, 6.45) is 6.49. The first-order chi connectivity index (χ1) is 10.4. The van der Waals surface area contributed by atoms with Gasteiger partial charge in [0.1, 0.15) is 0 Å². The fraction of sp³-hybridized carbons (Fsp3) is 0.706. The van der Waals surface area contributed by atoms with Gasteiger partial charge in [-0.2, -0.15) is 0 Å². The zero-order valence-electron chi connectivity index (χ0n) is 14.1. The summed E-state index contributed by atoms with van der Waals surface area (Å²) in [5, 5.41) is 0. The highest BCUT2D eigenvalue weighted by atomic mass is 16.5. The molecule has 0 aromatic carbocycles. The molecular weight excluding hydrogens is 278 g/mol. The number of likely N-dealkylation sites (tertiary alicyclic amines) is 1. The summed E-state index contributed by atoms with van der Waals surface area (Å²) < 4.78 is 5.68. The molecule has 1 fully saturated rings. The molecule has 1 saturated heterocycles.